The minimum Gasteiger partial charge on any atom is -0.467 e. The molecule has 280 valence electrons. The molecule has 3 atom stereocenters. The number of anilines is 2. The highest BCUT2D eigenvalue weighted by Gasteiger charge is 2.38. The monoisotopic (exact) mass is 746 g/mol. The van der Waals surface area contributed by atoms with Crippen molar-refractivity contribution in [1.29, 1.82) is 5.26 Å². The van der Waals surface area contributed by atoms with Gasteiger partial charge >= 0.3 is 12.2 Å². The summed E-state index contributed by atoms with van der Waals surface area (Å²) < 4.78 is 75.8. The first-order valence-corrected chi connectivity index (χ1v) is 17.8. The van der Waals surface area contributed by atoms with Crippen molar-refractivity contribution in [3.63, 3.8) is 0 Å². The fourth-order valence-corrected chi connectivity index (χ4v) is 7.50. The topological polar surface area (TPSA) is 124 Å². The van der Waals surface area contributed by atoms with Crippen LogP contribution in [0.25, 0.3) is 32.2 Å². The SMILES string of the molecule is C=CC=O.CC.COc1nc(N2CCN(C)C(C)C2)c2nc(C(F)(F)F)c(-c3ccc(F)c4sc(N)c(C#N)c34)cc2n1.FC1CC2CCCN2C1. The fraction of sp³-hybridized carbons (Fsp3) is 0.472. The highest BCUT2D eigenvalue weighted by atomic mass is 32.1. The van der Waals surface area contributed by atoms with Gasteiger partial charge in [-0.25, -0.2) is 13.8 Å². The summed E-state index contributed by atoms with van der Waals surface area (Å²) >= 11 is 0.806. The minimum absolute atomic E-state index is 0.00536. The van der Waals surface area contributed by atoms with Crippen LogP contribution in [0.3, 0.4) is 0 Å². The van der Waals surface area contributed by atoms with Crippen LogP contribution in [-0.2, 0) is 11.0 Å². The molecule has 7 rings (SSSR count). The van der Waals surface area contributed by atoms with Crippen LogP contribution < -0.4 is 15.4 Å². The maximum atomic E-state index is 14.6. The Morgan fingerprint density at radius 2 is 1.85 bits per heavy atom. The predicted octanol–water partition coefficient (Wildman–Crippen LogP) is 7.26. The lowest BCUT2D eigenvalue weighted by molar-refractivity contribution is -0.140. The highest BCUT2D eigenvalue weighted by Crippen LogP contribution is 2.45. The number of nitriles is 1. The molecule has 16 heteroatoms. The smallest absolute Gasteiger partial charge is 0.433 e. The van der Waals surface area contributed by atoms with Gasteiger partial charge in [0.25, 0.3) is 0 Å². The van der Waals surface area contributed by atoms with Crippen molar-refractivity contribution in [3.05, 3.63) is 47.9 Å². The lowest BCUT2D eigenvalue weighted by Crippen LogP contribution is -2.50. The van der Waals surface area contributed by atoms with Gasteiger partial charge in [-0.2, -0.15) is 28.4 Å². The van der Waals surface area contributed by atoms with Crippen molar-refractivity contribution < 1.29 is 31.5 Å². The van der Waals surface area contributed by atoms with E-state index in [-0.39, 0.29) is 60.7 Å². The molecule has 3 unspecified atom stereocenters. The molecule has 10 nitrogen and oxygen atoms in total. The number of alkyl halides is 4. The number of thiophene rings is 1. The molecule has 3 saturated heterocycles. The molecule has 0 bridgehead atoms. The molecule has 2 N–H and O–H groups in total. The third kappa shape index (κ3) is 8.59. The number of nitrogen functional groups attached to an aromatic ring is 1. The Morgan fingerprint density at radius 1 is 1.13 bits per heavy atom. The molecule has 0 aliphatic carbocycles. The largest absolute Gasteiger partial charge is 0.467 e. The summed E-state index contributed by atoms with van der Waals surface area (Å²) in [7, 11) is 3.34. The number of hydrogen-bond acceptors (Lipinski definition) is 11. The number of carbonyl (C=O) groups is 1. The quantitative estimate of drug-likeness (QED) is 0.130. The zero-order valence-electron chi connectivity index (χ0n) is 29.8. The van der Waals surface area contributed by atoms with Crippen LogP contribution in [0.5, 0.6) is 6.01 Å². The predicted molar refractivity (Wildman–Crippen MR) is 195 cm³/mol. The molecular weight excluding hydrogens is 704 g/mol. The number of benzene rings is 1. The number of rotatable bonds is 4. The molecule has 3 fully saturated rings. The number of pyridine rings is 1. The molecule has 52 heavy (non-hydrogen) atoms. The van der Waals surface area contributed by atoms with Gasteiger partial charge in [-0.1, -0.05) is 26.5 Å². The van der Waals surface area contributed by atoms with Crippen molar-refractivity contribution in [3.8, 4) is 23.2 Å². The Labute approximate surface area is 303 Å². The Kier molecular flexibility index (Phi) is 13.5. The molecular formula is C36H43F5N8O2S. The molecule has 6 heterocycles. The molecule has 0 spiro atoms. The standard InChI is InChI=1S/C24H21F4N7OS.C7H12FN.C3H4O.C2H6/c1-11-10-35(7-6-34(11)2)22-18-16(31-23(33-22)36-3)8-13(20(32-18)24(26,27)28)12-4-5-15(25)19-17(12)14(9-29)21(30)37-19;8-6-4-7-2-1-3-9(7)5-6;1-2-3-4;1-2/h4-5,8,11H,6-7,10,30H2,1-3H3;6-7H,1-5H2;2-3H,1H2;1-2H3. The number of hydrogen-bond donors (Lipinski definition) is 1. The van der Waals surface area contributed by atoms with E-state index in [9.17, 15) is 27.2 Å². The van der Waals surface area contributed by atoms with Crippen LogP contribution in [0.15, 0.2) is 30.9 Å². The van der Waals surface area contributed by atoms with Gasteiger partial charge in [0.15, 0.2) is 11.5 Å². The number of ether oxygens (including phenoxy) is 1. The zero-order chi connectivity index (χ0) is 38.3. The first-order chi connectivity index (χ1) is 24.8. The number of fused-ring (bicyclic) bond motifs is 3. The van der Waals surface area contributed by atoms with Crippen molar-refractivity contribution in [1.82, 2.24) is 24.8 Å². The average molecular weight is 747 g/mol. The number of nitrogens with zero attached hydrogens (tertiary/aromatic N) is 7. The summed E-state index contributed by atoms with van der Waals surface area (Å²) in [5, 5.41) is 9.65. The van der Waals surface area contributed by atoms with Gasteiger partial charge in [0.05, 0.1) is 22.9 Å². The molecule has 0 amide bonds. The molecule has 0 radical (unpaired) electrons. The van der Waals surface area contributed by atoms with Gasteiger partial charge in [0.2, 0.25) is 0 Å². The van der Waals surface area contributed by atoms with Crippen molar-refractivity contribution in [2.24, 2.45) is 0 Å². The van der Waals surface area contributed by atoms with E-state index in [1.54, 1.807) is 0 Å². The van der Waals surface area contributed by atoms with Gasteiger partial charge < -0.3 is 20.3 Å². The van der Waals surface area contributed by atoms with E-state index < -0.39 is 23.9 Å². The third-order valence-electron chi connectivity index (χ3n) is 9.12. The fourth-order valence-electron chi connectivity index (χ4n) is 6.55. The van der Waals surface area contributed by atoms with E-state index in [0.29, 0.717) is 38.5 Å². The van der Waals surface area contributed by atoms with Crippen LogP contribution >= 0.6 is 11.3 Å². The second-order valence-corrected chi connectivity index (χ2v) is 13.4. The summed E-state index contributed by atoms with van der Waals surface area (Å²) in [5.74, 6) is -0.449. The summed E-state index contributed by atoms with van der Waals surface area (Å²) in [4.78, 5) is 28.0. The van der Waals surface area contributed by atoms with Gasteiger partial charge in [-0.3, -0.25) is 9.69 Å². The number of likely N-dealkylation sites (N-methyl/N-ethyl adjacent to an activating group) is 1. The van der Waals surface area contributed by atoms with E-state index in [2.05, 4.69) is 31.3 Å². The maximum Gasteiger partial charge on any atom is 0.433 e. The van der Waals surface area contributed by atoms with Gasteiger partial charge in [0, 0.05) is 49.2 Å². The molecule has 3 aromatic heterocycles. The van der Waals surface area contributed by atoms with Crippen molar-refractivity contribution in [2.45, 2.75) is 64.5 Å². The van der Waals surface area contributed by atoms with Gasteiger partial charge in [-0.15, -0.1) is 11.3 Å². The van der Waals surface area contributed by atoms with Crippen LogP contribution in [0.2, 0.25) is 0 Å². The Hall–Kier alpha value is -4.46. The van der Waals surface area contributed by atoms with Gasteiger partial charge in [0.1, 0.15) is 34.9 Å². The number of nitrogens with two attached hydrogens (primary N) is 1. The van der Waals surface area contributed by atoms with Crippen LogP contribution in [0, 0.1) is 17.1 Å². The normalized spacial score (nSPS) is 20.1. The van der Waals surface area contributed by atoms with Crippen LogP contribution in [0.1, 0.15) is 51.3 Å². The number of halogens is 5. The first-order valence-electron chi connectivity index (χ1n) is 17.0. The molecule has 4 aromatic rings. The van der Waals surface area contributed by atoms with E-state index in [1.807, 2.05) is 38.8 Å². The number of carbonyl (C=O) groups excluding carboxylic acids is 1. The van der Waals surface area contributed by atoms with Crippen molar-refractivity contribution >= 4 is 49.6 Å². The van der Waals surface area contributed by atoms with Gasteiger partial charge in [-0.05, 0) is 63.6 Å². The Morgan fingerprint density at radius 3 is 2.44 bits per heavy atom. The van der Waals surface area contributed by atoms with Crippen LogP contribution in [0.4, 0.5) is 32.8 Å². The number of piperazine rings is 1. The lowest BCUT2D eigenvalue weighted by atomic mass is 9.97. The first kappa shape index (κ1) is 40.3. The summed E-state index contributed by atoms with van der Waals surface area (Å²) in [6.07, 6.45) is -0.224. The number of allylic oxidation sites excluding steroid dienone is 1. The number of aldehydes is 1. The van der Waals surface area contributed by atoms with Crippen LogP contribution in [-0.4, -0.2) is 96.2 Å². The third-order valence-corrected chi connectivity index (χ3v) is 10.1. The lowest BCUT2D eigenvalue weighted by Gasteiger charge is -2.38. The average Bonchev–Trinajstić information content (AvgIpc) is 3.82. The second kappa shape index (κ2) is 17.4. The van der Waals surface area contributed by atoms with E-state index >= 15 is 0 Å². The van der Waals surface area contributed by atoms with Crippen molar-refractivity contribution in [2.75, 3.05) is 57.5 Å². The molecule has 0 saturated carbocycles. The zero-order valence-corrected chi connectivity index (χ0v) is 30.6. The highest BCUT2D eigenvalue weighted by molar-refractivity contribution is 7.23. The summed E-state index contributed by atoms with van der Waals surface area (Å²) in [6, 6.07) is 6.09. The summed E-state index contributed by atoms with van der Waals surface area (Å²) in [5.41, 5.74) is 4.34. The maximum absolute atomic E-state index is 14.6. The van der Waals surface area contributed by atoms with E-state index in [1.165, 1.54) is 38.2 Å². The summed E-state index contributed by atoms with van der Waals surface area (Å²) in [6.45, 7) is 12.7. The number of aromatic nitrogens is 3. The Bertz CT molecular complexity index is 1910. The Balaban J connectivity index is 0.000000335. The van der Waals surface area contributed by atoms with E-state index in [0.717, 1.165) is 30.4 Å². The number of methoxy groups -OCH3 is 1. The minimum atomic E-state index is -4.87. The molecule has 3 aliphatic rings. The molecule has 3 aliphatic heterocycles. The molecule has 1 aromatic carbocycles. The second-order valence-electron chi connectivity index (χ2n) is 12.3. The van der Waals surface area contributed by atoms with E-state index in [4.69, 9.17) is 15.3 Å².